The zero-order valence-corrected chi connectivity index (χ0v) is 11.1. The zero-order valence-electron chi connectivity index (χ0n) is 11.1. The van der Waals surface area contributed by atoms with Crippen LogP contribution in [-0.2, 0) is 9.53 Å². The van der Waals surface area contributed by atoms with Gasteiger partial charge in [0.2, 0.25) is 0 Å². The fourth-order valence-corrected chi connectivity index (χ4v) is 2.08. The summed E-state index contributed by atoms with van der Waals surface area (Å²) >= 11 is 0. The van der Waals surface area contributed by atoms with Crippen molar-refractivity contribution in [3.8, 4) is 5.75 Å². The number of fused-ring (bicyclic) bond motifs is 1. The summed E-state index contributed by atoms with van der Waals surface area (Å²) in [5.74, 6) is -0.146. The minimum atomic E-state index is -0.542. The molecule has 0 saturated carbocycles. The van der Waals surface area contributed by atoms with Crippen LogP contribution in [0.15, 0.2) is 18.3 Å². The minimum absolute atomic E-state index is 0.264. The van der Waals surface area contributed by atoms with Crippen LogP contribution < -0.4 is 4.74 Å². The highest BCUT2D eigenvalue weighted by Crippen LogP contribution is 2.30. The van der Waals surface area contributed by atoms with Crippen molar-refractivity contribution in [2.24, 2.45) is 0 Å². The summed E-state index contributed by atoms with van der Waals surface area (Å²) in [6, 6.07) is 3.71. The predicted octanol–water partition coefficient (Wildman–Crippen LogP) is 2.23. The summed E-state index contributed by atoms with van der Waals surface area (Å²) in [6.07, 6.45) is 1.34. The molecule has 0 aliphatic heterocycles. The molecule has 1 N–H and O–H groups in total. The van der Waals surface area contributed by atoms with E-state index in [0.717, 1.165) is 16.5 Å². The van der Waals surface area contributed by atoms with Crippen LogP contribution in [-0.4, -0.2) is 31.0 Å². The molecule has 100 valence electrons. The van der Waals surface area contributed by atoms with Gasteiger partial charge < -0.3 is 14.5 Å². The number of carbonyl (C=O) groups is 2. The number of ether oxygens (including phenoxy) is 2. The lowest BCUT2D eigenvalue weighted by Crippen LogP contribution is -2.09. The number of aromatic nitrogens is 1. The highest BCUT2D eigenvalue weighted by Gasteiger charge is 2.18. The number of carbonyl (C=O) groups excluding carboxylic acids is 2. The van der Waals surface area contributed by atoms with Crippen molar-refractivity contribution < 1.29 is 19.1 Å². The van der Waals surface area contributed by atoms with E-state index in [4.69, 9.17) is 4.74 Å². The van der Waals surface area contributed by atoms with Gasteiger partial charge in [0.15, 0.2) is 5.78 Å². The molecule has 2 aromatic rings. The van der Waals surface area contributed by atoms with Crippen molar-refractivity contribution >= 4 is 22.7 Å². The largest absolute Gasteiger partial charge is 0.495 e. The molecule has 0 saturated heterocycles. The smallest absolute Gasteiger partial charge is 0.313 e. The molecule has 1 aromatic heterocycles. The molecule has 1 aromatic carbocycles. The number of hydrogen-bond donors (Lipinski definition) is 1. The highest BCUT2D eigenvalue weighted by molar-refractivity contribution is 6.14. The van der Waals surface area contributed by atoms with Gasteiger partial charge in [-0.15, -0.1) is 0 Å². The van der Waals surface area contributed by atoms with E-state index < -0.39 is 5.97 Å². The number of rotatable bonds is 4. The number of esters is 1. The molecule has 1 heterocycles. The van der Waals surface area contributed by atoms with Gasteiger partial charge in [0.25, 0.3) is 0 Å². The summed E-state index contributed by atoms with van der Waals surface area (Å²) in [5, 5.41) is 0.785. The Bertz CT molecular complexity index is 642. The molecule has 0 atom stereocenters. The topological polar surface area (TPSA) is 68.4 Å². The fourth-order valence-electron chi connectivity index (χ4n) is 2.08. The molecule has 0 radical (unpaired) electrons. The van der Waals surface area contributed by atoms with Crippen LogP contribution in [0.4, 0.5) is 0 Å². The van der Waals surface area contributed by atoms with Crippen LogP contribution in [0.3, 0.4) is 0 Å². The van der Waals surface area contributed by atoms with Crippen LogP contribution in [0, 0.1) is 6.92 Å². The van der Waals surface area contributed by atoms with E-state index in [2.05, 4.69) is 9.72 Å². The molecular weight excluding hydrogens is 246 g/mol. The SMILES string of the molecule is COC(=O)CC(=O)c1c[nH]c2c(OC)ccc(C)c12. The monoisotopic (exact) mass is 261 g/mol. The quantitative estimate of drug-likeness (QED) is 0.520. The second-order valence-electron chi connectivity index (χ2n) is 4.21. The average molecular weight is 261 g/mol. The van der Waals surface area contributed by atoms with Crippen LogP contribution >= 0.6 is 0 Å². The normalized spacial score (nSPS) is 10.5. The van der Waals surface area contributed by atoms with Gasteiger partial charge >= 0.3 is 5.97 Å². The highest BCUT2D eigenvalue weighted by atomic mass is 16.5. The third-order valence-corrected chi connectivity index (χ3v) is 3.06. The first-order valence-electron chi connectivity index (χ1n) is 5.83. The van der Waals surface area contributed by atoms with Gasteiger partial charge in [-0.1, -0.05) is 6.07 Å². The third kappa shape index (κ3) is 2.31. The maximum absolute atomic E-state index is 12.1. The predicted molar refractivity (Wildman–Crippen MR) is 70.6 cm³/mol. The fraction of sp³-hybridized carbons (Fsp3) is 0.286. The molecule has 0 fully saturated rings. The van der Waals surface area contributed by atoms with E-state index in [1.807, 2.05) is 19.1 Å². The minimum Gasteiger partial charge on any atom is -0.495 e. The number of benzene rings is 1. The lowest BCUT2D eigenvalue weighted by Gasteiger charge is -2.05. The number of aryl methyl sites for hydroxylation is 1. The molecule has 0 aliphatic rings. The molecule has 0 bridgehead atoms. The number of ketones is 1. The molecule has 19 heavy (non-hydrogen) atoms. The molecule has 5 nitrogen and oxygen atoms in total. The Morgan fingerprint density at radius 3 is 2.63 bits per heavy atom. The molecule has 5 heteroatoms. The first-order chi connectivity index (χ1) is 9.08. The number of H-pyrrole nitrogens is 1. The number of methoxy groups -OCH3 is 2. The van der Waals surface area contributed by atoms with E-state index in [9.17, 15) is 9.59 Å². The molecule has 0 spiro atoms. The van der Waals surface area contributed by atoms with E-state index in [-0.39, 0.29) is 12.2 Å². The first-order valence-corrected chi connectivity index (χ1v) is 5.83. The van der Waals surface area contributed by atoms with E-state index in [1.165, 1.54) is 7.11 Å². The maximum atomic E-state index is 12.1. The Morgan fingerprint density at radius 2 is 2.00 bits per heavy atom. The Hall–Kier alpha value is -2.30. The second kappa shape index (κ2) is 5.14. The number of Topliss-reactive ketones (excluding diaryl/α,β-unsaturated/α-hetero) is 1. The van der Waals surface area contributed by atoms with Gasteiger partial charge in [0.05, 0.1) is 19.7 Å². The van der Waals surface area contributed by atoms with E-state index in [1.54, 1.807) is 13.3 Å². The maximum Gasteiger partial charge on any atom is 0.313 e. The van der Waals surface area contributed by atoms with Gasteiger partial charge in [0.1, 0.15) is 12.2 Å². The van der Waals surface area contributed by atoms with E-state index in [0.29, 0.717) is 11.3 Å². The van der Waals surface area contributed by atoms with Gasteiger partial charge in [-0.05, 0) is 18.6 Å². The Balaban J connectivity index is 2.50. The molecule has 0 aliphatic carbocycles. The van der Waals surface area contributed by atoms with Crippen molar-refractivity contribution in [2.75, 3.05) is 14.2 Å². The van der Waals surface area contributed by atoms with Crippen molar-refractivity contribution in [3.05, 3.63) is 29.5 Å². The summed E-state index contributed by atoms with van der Waals surface area (Å²) in [5.41, 5.74) is 2.19. The molecule has 0 unspecified atom stereocenters. The van der Waals surface area contributed by atoms with Crippen molar-refractivity contribution in [2.45, 2.75) is 13.3 Å². The molecule has 0 amide bonds. The number of hydrogen-bond acceptors (Lipinski definition) is 4. The average Bonchev–Trinajstić information content (AvgIpc) is 2.85. The summed E-state index contributed by atoms with van der Waals surface area (Å²) in [7, 11) is 2.83. The third-order valence-electron chi connectivity index (χ3n) is 3.06. The van der Waals surface area contributed by atoms with Crippen LogP contribution in [0.1, 0.15) is 22.3 Å². The first kappa shape index (κ1) is 13.1. The zero-order chi connectivity index (χ0) is 14.0. The lowest BCUT2D eigenvalue weighted by atomic mass is 10.0. The standard InChI is InChI=1S/C14H15NO4/c1-8-4-5-11(18-2)14-13(8)9(7-15-14)10(16)6-12(17)19-3/h4-5,7,15H,6H2,1-3H3. The Kier molecular flexibility index (Phi) is 3.55. The van der Waals surface area contributed by atoms with Gasteiger partial charge in [-0.25, -0.2) is 0 Å². The van der Waals surface area contributed by atoms with Crippen molar-refractivity contribution in [1.29, 1.82) is 0 Å². The Morgan fingerprint density at radius 1 is 1.26 bits per heavy atom. The summed E-state index contributed by atoms with van der Waals surface area (Å²) in [6.45, 7) is 1.91. The van der Waals surface area contributed by atoms with E-state index >= 15 is 0 Å². The summed E-state index contributed by atoms with van der Waals surface area (Å²) in [4.78, 5) is 26.3. The molecule has 2 rings (SSSR count). The van der Waals surface area contributed by atoms with Crippen LogP contribution in [0.25, 0.3) is 10.9 Å². The van der Waals surface area contributed by atoms with Crippen molar-refractivity contribution in [3.63, 3.8) is 0 Å². The van der Waals surface area contributed by atoms with Crippen LogP contribution in [0.2, 0.25) is 0 Å². The molecular formula is C14H15NO4. The van der Waals surface area contributed by atoms with Crippen LogP contribution in [0.5, 0.6) is 5.75 Å². The van der Waals surface area contributed by atoms with Gasteiger partial charge in [-0.3, -0.25) is 9.59 Å². The van der Waals surface area contributed by atoms with Crippen molar-refractivity contribution in [1.82, 2.24) is 4.98 Å². The summed E-state index contributed by atoms with van der Waals surface area (Å²) < 4.78 is 9.76. The van der Waals surface area contributed by atoms with Gasteiger partial charge in [0, 0.05) is 17.1 Å². The lowest BCUT2D eigenvalue weighted by molar-refractivity contribution is -0.139. The van der Waals surface area contributed by atoms with Gasteiger partial charge in [-0.2, -0.15) is 0 Å². The Labute approximate surface area is 110 Å². The second-order valence-corrected chi connectivity index (χ2v) is 4.21. The number of nitrogens with one attached hydrogen (secondary N) is 1. The number of aromatic amines is 1.